The van der Waals surface area contributed by atoms with E-state index in [1.54, 1.807) is 0 Å². The minimum Gasteiger partial charge on any atom is -0.396 e. The number of halogens is 3. The van der Waals surface area contributed by atoms with Crippen LogP contribution in [0.5, 0.6) is 0 Å². The number of hydrogen-bond donors (Lipinski definition) is 1. The maximum atomic E-state index is 12.4. The fourth-order valence-corrected chi connectivity index (χ4v) is 1.23. The van der Waals surface area contributed by atoms with Gasteiger partial charge >= 0.3 is 6.18 Å². The summed E-state index contributed by atoms with van der Waals surface area (Å²) in [5.74, 6) is 0. The normalized spacial score (nSPS) is 11.7. The maximum Gasteiger partial charge on any atom is 0.431 e. The molecule has 84 valence electrons. The van der Waals surface area contributed by atoms with E-state index < -0.39 is 17.4 Å². The number of rotatable bonds is 3. The molecule has 0 radical (unpaired) electrons. The van der Waals surface area contributed by atoms with Crippen molar-refractivity contribution in [3.05, 3.63) is 34.2 Å². The number of nitrogens with zero attached hydrogens (tertiary/aromatic N) is 1. The summed E-state index contributed by atoms with van der Waals surface area (Å²) in [4.78, 5) is 11.2. The van der Waals surface area contributed by atoms with Crippen molar-refractivity contribution in [3.8, 4) is 0 Å². The number of hydrogen-bond acceptors (Lipinski definition) is 2. The molecule has 0 bridgehead atoms. The average Bonchev–Trinajstić information content (AvgIpc) is 2.14. The summed E-state index contributed by atoms with van der Waals surface area (Å²) in [5.41, 5.74) is -1.69. The van der Waals surface area contributed by atoms with Crippen LogP contribution in [0.1, 0.15) is 12.1 Å². The van der Waals surface area contributed by atoms with E-state index >= 15 is 0 Å². The average molecular weight is 221 g/mol. The highest BCUT2D eigenvalue weighted by Gasteiger charge is 2.33. The second kappa shape index (κ2) is 4.48. The van der Waals surface area contributed by atoms with Crippen LogP contribution in [0.2, 0.25) is 0 Å². The molecule has 0 aliphatic rings. The Balaban J connectivity index is 3.15. The van der Waals surface area contributed by atoms with Gasteiger partial charge < -0.3 is 9.67 Å². The zero-order valence-corrected chi connectivity index (χ0v) is 7.79. The number of alkyl halides is 3. The highest BCUT2D eigenvalue weighted by molar-refractivity contribution is 5.10. The Bertz CT molecular complexity index is 384. The largest absolute Gasteiger partial charge is 0.431 e. The van der Waals surface area contributed by atoms with Gasteiger partial charge in [0.2, 0.25) is 0 Å². The van der Waals surface area contributed by atoms with E-state index in [4.69, 9.17) is 5.11 Å². The van der Waals surface area contributed by atoms with E-state index in [0.29, 0.717) is 4.57 Å². The van der Waals surface area contributed by atoms with Crippen LogP contribution in [0.25, 0.3) is 0 Å². The van der Waals surface area contributed by atoms with Crippen molar-refractivity contribution in [2.24, 2.45) is 0 Å². The summed E-state index contributed by atoms with van der Waals surface area (Å²) in [6.07, 6.45) is -4.43. The van der Waals surface area contributed by atoms with E-state index in [1.807, 2.05) is 0 Å². The topological polar surface area (TPSA) is 42.2 Å². The molecule has 6 heteroatoms. The molecular formula is C9H10F3NO2. The molecule has 0 fully saturated rings. The Morgan fingerprint density at radius 2 is 2.00 bits per heavy atom. The number of aliphatic hydroxyl groups is 1. The third-order valence-electron chi connectivity index (χ3n) is 1.88. The Kier molecular flexibility index (Phi) is 3.52. The predicted molar refractivity (Wildman–Crippen MR) is 47.4 cm³/mol. The van der Waals surface area contributed by atoms with Crippen molar-refractivity contribution < 1.29 is 18.3 Å². The molecule has 0 saturated heterocycles. The Hall–Kier alpha value is -1.30. The fourth-order valence-electron chi connectivity index (χ4n) is 1.23. The molecule has 0 aromatic carbocycles. The van der Waals surface area contributed by atoms with E-state index in [1.165, 1.54) is 0 Å². The summed E-state index contributed by atoms with van der Waals surface area (Å²) in [5, 5.41) is 8.52. The van der Waals surface area contributed by atoms with Crippen LogP contribution in [0.15, 0.2) is 23.0 Å². The summed E-state index contributed by atoms with van der Waals surface area (Å²) in [6.45, 7) is -0.385. The lowest BCUT2D eigenvalue weighted by atomic mass is 10.3. The van der Waals surface area contributed by atoms with Crippen LogP contribution in [0, 0.1) is 0 Å². The summed E-state index contributed by atoms with van der Waals surface area (Å²) < 4.78 is 37.9. The van der Waals surface area contributed by atoms with Gasteiger partial charge in [0, 0.05) is 19.2 Å². The zero-order chi connectivity index (χ0) is 11.5. The van der Waals surface area contributed by atoms with E-state index in [-0.39, 0.29) is 19.6 Å². The second-order valence-electron chi connectivity index (χ2n) is 2.98. The molecular weight excluding hydrogens is 211 g/mol. The third-order valence-corrected chi connectivity index (χ3v) is 1.88. The molecule has 0 spiro atoms. The number of aliphatic hydroxyl groups excluding tert-OH is 1. The first-order valence-electron chi connectivity index (χ1n) is 4.34. The van der Waals surface area contributed by atoms with Gasteiger partial charge in [-0.2, -0.15) is 13.2 Å². The standard InChI is InChI=1S/C9H10F3NO2/c10-9(11,12)7-3-1-4-8(15)13(7)5-2-6-14/h1,3-4,14H,2,5-6H2. The lowest BCUT2D eigenvalue weighted by Crippen LogP contribution is -2.27. The highest BCUT2D eigenvalue weighted by Crippen LogP contribution is 2.28. The second-order valence-corrected chi connectivity index (χ2v) is 2.98. The lowest BCUT2D eigenvalue weighted by molar-refractivity contribution is -0.144. The Morgan fingerprint density at radius 3 is 2.53 bits per heavy atom. The summed E-state index contributed by atoms with van der Waals surface area (Å²) in [7, 11) is 0. The first-order valence-corrected chi connectivity index (χ1v) is 4.34. The number of aromatic nitrogens is 1. The SMILES string of the molecule is O=c1cccc(C(F)(F)F)n1CCCO. The predicted octanol–water partition coefficient (Wildman–Crippen LogP) is 1.25. The zero-order valence-electron chi connectivity index (χ0n) is 7.79. The monoisotopic (exact) mass is 221 g/mol. The first-order chi connectivity index (χ1) is 6.96. The molecule has 0 saturated carbocycles. The maximum absolute atomic E-state index is 12.4. The lowest BCUT2D eigenvalue weighted by Gasteiger charge is -2.14. The smallest absolute Gasteiger partial charge is 0.396 e. The van der Waals surface area contributed by atoms with Crippen LogP contribution in [0.4, 0.5) is 13.2 Å². The van der Waals surface area contributed by atoms with Crippen molar-refractivity contribution in [2.45, 2.75) is 19.1 Å². The summed E-state index contributed by atoms with van der Waals surface area (Å²) >= 11 is 0. The molecule has 1 aromatic heterocycles. The molecule has 15 heavy (non-hydrogen) atoms. The molecule has 0 unspecified atom stereocenters. The molecule has 1 N–H and O–H groups in total. The summed E-state index contributed by atoms with van der Waals surface area (Å²) in [6, 6.07) is 2.98. The Morgan fingerprint density at radius 1 is 1.33 bits per heavy atom. The molecule has 0 aliphatic heterocycles. The van der Waals surface area contributed by atoms with Gasteiger partial charge in [-0.1, -0.05) is 6.07 Å². The molecule has 1 rings (SSSR count). The van der Waals surface area contributed by atoms with Crippen LogP contribution in [-0.2, 0) is 12.7 Å². The fraction of sp³-hybridized carbons (Fsp3) is 0.444. The van der Waals surface area contributed by atoms with Crippen LogP contribution in [-0.4, -0.2) is 16.3 Å². The first kappa shape index (κ1) is 11.8. The van der Waals surface area contributed by atoms with Crippen LogP contribution in [0.3, 0.4) is 0 Å². The van der Waals surface area contributed by atoms with Gasteiger partial charge in [-0.05, 0) is 12.5 Å². The van der Waals surface area contributed by atoms with Crippen molar-refractivity contribution in [1.82, 2.24) is 4.57 Å². The van der Waals surface area contributed by atoms with Gasteiger partial charge in [0.25, 0.3) is 5.56 Å². The van der Waals surface area contributed by atoms with Gasteiger partial charge in [-0.25, -0.2) is 0 Å². The van der Waals surface area contributed by atoms with Crippen molar-refractivity contribution in [2.75, 3.05) is 6.61 Å². The highest BCUT2D eigenvalue weighted by atomic mass is 19.4. The Labute approximate surface area is 83.8 Å². The molecule has 0 amide bonds. The van der Waals surface area contributed by atoms with E-state index in [9.17, 15) is 18.0 Å². The van der Waals surface area contributed by atoms with Crippen LogP contribution < -0.4 is 5.56 Å². The van der Waals surface area contributed by atoms with Gasteiger partial charge in [-0.3, -0.25) is 4.79 Å². The van der Waals surface area contributed by atoms with Gasteiger partial charge in [0.15, 0.2) is 0 Å². The van der Waals surface area contributed by atoms with Gasteiger partial charge in [0.1, 0.15) is 5.69 Å². The van der Waals surface area contributed by atoms with E-state index in [2.05, 4.69) is 0 Å². The molecule has 0 aliphatic carbocycles. The number of pyridine rings is 1. The van der Waals surface area contributed by atoms with Crippen molar-refractivity contribution in [1.29, 1.82) is 0 Å². The van der Waals surface area contributed by atoms with Gasteiger partial charge in [0.05, 0.1) is 0 Å². The third kappa shape index (κ3) is 2.82. The minimum atomic E-state index is -4.55. The van der Waals surface area contributed by atoms with Gasteiger partial charge in [-0.15, -0.1) is 0 Å². The minimum absolute atomic E-state index is 0.118. The molecule has 1 aromatic rings. The van der Waals surface area contributed by atoms with Crippen molar-refractivity contribution >= 4 is 0 Å². The molecule has 0 atom stereocenters. The van der Waals surface area contributed by atoms with Crippen LogP contribution >= 0.6 is 0 Å². The molecule has 1 heterocycles. The van der Waals surface area contributed by atoms with Crippen molar-refractivity contribution in [3.63, 3.8) is 0 Å². The quantitative estimate of drug-likeness (QED) is 0.834. The van der Waals surface area contributed by atoms with E-state index in [0.717, 1.165) is 18.2 Å². The molecule has 3 nitrogen and oxygen atoms in total.